The second-order valence-corrected chi connectivity index (χ2v) is 4.52. The quantitative estimate of drug-likeness (QED) is 0.840. The van der Waals surface area contributed by atoms with Crippen LogP contribution in [0.2, 0.25) is 0 Å². The Hall–Kier alpha value is -1.91. The van der Waals surface area contributed by atoms with E-state index in [1.807, 2.05) is 36.4 Å². The average molecular weight is 272 g/mol. The lowest BCUT2D eigenvalue weighted by atomic mass is 10.1. The summed E-state index contributed by atoms with van der Waals surface area (Å²) in [6.07, 6.45) is 4.25. The highest BCUT2D eigenvalue weighted by molar-refractivity contribution is 5.28. The molecular formula is C16H20N2O2. The fourth-order valence-corrected chi connectivity index (χ4v) is 1.94. The van der Waals surface area contributed by atoms with E-state index >= 15 is 0 Å². The summed E-state index contributed by atoms with van der Waals surface area (Å²) in [6, 6.07) is 11.9. The molecule has 106 valence electrons. The lowest BCUT2D eigenvalue weighted by Crippen LogP contribution is -2.18. The van der Waals surface area contributed by atoms with E-state index in [2.05, 4.69) is 4.98 Å². The minimum absolute atomic E-state index is 0.173. The Bertz CT molecular complexity index is 500. The van der Waals surface area contributed by atoms with Crippen molar-refractivity contribution in [3.05, 3.63) is 59.9 Å². The molecule has 0 saturated heterocycles. The summed E-state index contributed by atoms with van der Waals surface area (Å²) in [5.74, 6) is 0.811. The van der Waals surface area contributed by atoms with Crippen LogP contribution in [0.1, 0.15) is 17.2 Å². The molecule has 2 aromatic rings. The molecule has 1 aromatic carbocycles. The maximum atomic E-state index is 5.91. The fraction of sp³-hybridized carbons (Fsp3) is 0.312. The number of aromatic nitrogens is 1. The molecule has 0 radical (unpaired) electrons. The van der Waals surface area contributed by atoms with Gasteiger partial charge in [0.2, 0.25) is 0 Å². The molecule has 1 atom stereocenters. The second kappa shape index (κ2) is 7.62. The Morgan fingerprint density at radius 1 is 1.20 bits per heavy atom. The Morgan fingerprint density at radius 3 is 2.60 bits per heavy atom. The maximum Gasteiger partial charge on any atom is 0.137 e. The molecule has 0 spiro atoms. The minimum Gasteiger partial charge on any atom is -0.484 e. The fourth-order valence-electron chi connectivity index (χ4n) is 1.94. The largest absolute Gasteiger partial charge is 0.484 e. The molecule has 0 bridgehead atoms. The van der Waals surface area contributed by atoms with Gasteiger partial charge in [0.25, 0.3) is 0 Å². The van der Waals surface area contributed by atoms with Crippen LogP contribution in [0.15, 0.2) is 48.8 Å². The number of hydrogen-bond donors (Lipinski definition) is 1. The predicted octanol–water partition coefficient (Wildman–Crippen LogP) is 2.35. The van der Waals surface area contributed by atoms with Gasteiger partial charge in [-0.2, -0.15) is 0 Å². The molecule has 0 saturated carbocycles. The van der Waals surface area contributed by atoms with Crippen LogP contribution in [0.3, 0.4) is 0 Å². The summed E-state index contributed by atoms with van der Waals surface area (Å²) in [4.78, 5) is 4.09. The van der Waals surface area contributed by atoms with E-state index in [9.17, 15) is 0 Å². The Morgan fingerprint density at radius 2 is 2.00 bits per heavy atom. The van der Waals surface area contributed by atoms with Gasteiger partial charge in [0.15, 0.2) is 0 Å². The maximum absolute atomic E-state index is 5.91. The number of nitrogens with two attached hydrogens (primary N) is 1. The number of hydrogen-bond acceptors (Lipinski definition) is 4. The van der Waals surface area contributed by atoms with Crippen LogP contribution < -0.4 is 10.5 Å². The van der Waals surface area contributed by atoms with Gasteiger partial charge in [-0.05, 0) is 30.2 Å². The van der Waals surface area contributed by atoms with Crippen LogP contribution in [0.4, 0.5) is 0 Å². The highest BCUT2D eigenvalue weighted by Crippen LogP contribution is 2.21. The Labute approximate surface area is 119 Å². The van der Waals surface area contributed by atoms with E-state index < -0.39 is 0 Å². The van der Waals surface area contributed by atoms with Crippen LogP contribution in [0.25, 0.3) is 0 Å². The summed E-state index contributed by atoms with van der Waals surface area (Å²) in [7, 11) is 1.71. The summed E-state index contributed by atoms with van der Waals surface area (Å²) in [5, 5.41) is 0. The minimum atomic E-state index is -0.173. The zero-order chi connectivity index (χ0) is 14.2. The standard InChI is InChI=1S/C16H20N2O2/c1-19-10-8-13-4-6-15(7-5-13)20-16(11-17)14-3-2-9-18-12-14/h2-7,9,12,16H,8,10-11,17H2,1H3. The van der Waals surface area contributed by atoms with Gasteiger partial charge in [-0.15, -0.1) is 0 Å². The first-order valence-corrected chi connectivity index (χ1v) is 6.68. The van der Waals surface area contributed by atoms with E-state index in [0.717, 1.165) is 24.3 Å². The lowest BCUT2D eigenvalue weighted by molar-refractivity contribution is 0.202. The third kappa shape index (κ3) is 4.05. The molecule has 4 heteroatoms. The van der Waals surface area contributed by atoms with Gasteiger partial charge in [-0.25, -0.2) is 0 Å². The van der Waals surface area contributed by atoms with Gasteiger partial charge in [-0.3, -0.25) is 4.98 Å². The second-order valence-electron chi connectivity index (χ2n) is 4.52. The van der Waals surface area contributed by atoms with E-state index in [1.54, 1.807) is 19.5 Å². The summed E-state index contributed by atoms with van der Waals surface area (Å²) >= 11 is 0. The van der Waals surface area contributed by atoms with Gasteiger partial charge >= 0.3 is 0 Å². The first-order valence-electron chi connectivity index (χ1n) is 6.68. The molecule has 0 fully saturated rings. The van der Waals surface area contributed by atoms with Crippen LogP contribution in [0.5, 0.6) is 5.75 Å². The predicted molar refractivity (Wildman–Crippen MR) is 78.7 cm³/mol. The zero-order valence-corrected chi connectivity index (χ0v) is 11.7. The molecule has 2 N–H and O–H groups in total. The summed E-state index contributed by atoms with van der Waals surface area (Å²) in [5.41, 5.74) is 7.99. The smallest absolute Gasteiger partial charge is 0.137 e. The van der Waals surface area contributed by atoms with E-state index in [0.29, 0.717) is 6.54 Å². The molecule has 1 aromatic heterocycles. The molecule has 20 heavy (non-hydrogen) atoms. The van der Waals surface area contributed by atoms with Gasteiger partial charge in [0, 0.05) is 31.6 Å². The van der Waals surface area contributed by atoms with Gasteiger partial charge in [0.05, 0.1) is 6.61 Å². The van der Waals surface area contributed by atoms with Crippen molar-refractivity contribution in [3.8, 4) is 5.75 Å². The zero-order valence-electron chi connectivity index (χ0n) is 11.7. The number of pyridine rings is 1. The van der Waals surface area contributed by atoms with Gasteiger partial charge in [0.1, 0.15) is 11.9 Å². The average Bonchev–Trinajstić information content (AvgIpc) is 2.52. The van der Waals surface area contributed by atoms with Crippen molar-refractivity contribution in [1.82, 2.24) is 4.98 Å². The molecular weight excluding hydrogens is 252 g/mol. The SMILES string of the molecule is COCCc1ccc(OC(CN)c2cccnc2)cc1. The molecule has 4 nitrogen and oxygen atoms in total. The molecule has 0 aliphatic carbocycles. The van der Waals surface area contributed by atoms with E-state index in [4.69, 9.17) is 15.2 Å². The monoisotopic (exact) mass is 272 g/mol. The van der Waals surface area contributed by atoms with Crippen molar-refractivity contribution in [2.45, 2.75) is 12.5 Å². The summed E-state index contributed by atoms with van der Waals surface area (Å²) < 4.78 is 11.0. The molecule has 0 aliphatic heterocycles. The lowest BCUT2D eigenvalue weighted by Gasteiger charge is -2.17. The normalized spacial score (nSPS) is 12.1. The van der Waals surface area contributed by atoms with Crippen molar-refractivity contribution in [2.75, 3.05) is 20.3 Å². The topological polar surface area (TPSA) is 57.4 Å². The Balaban J connectivity index is 2.01. The number of methoxy groups -OCH3 is 1. The highest BCUT2D eigenvalue weighted by Gasteiger charge is 2.11. The molecule has 1 heterocycles. The molecule has 0 aliphatic rings. The van der Waals surface area contributed by atoms with Crippen molar-refractivity contribution >= 4 is 0 Å². The van der Waals surface area contributed by atoms with E-state index in [1.165, 1.54) is 5.56 Å². The number of nitrogens with zero attached hydrogens (tertiary/aromatic N) is 1. The van der Waals surface area contributed by atoms with Crippen LogP contribution in [-0.4, -0.2) is 25.2 Å². The summed E-state index contributed by atoms with van der Waals surface area (Å²) in [6.45, 7) is 1.14. The highest BCUT2D eigenvalue weighted by atomic mass is 16.5. The molecule has 2 rings (SSSR count). The number of rotatable bonds is 7. The molecule has 0 amide bonds. The third-order valence-corrected chi connectivity index (χ3v) is 3.07. The van der Waals surface area contributed by atoms with Crippen LogP contribution >= 0.6 is 0 Å². The van der Waals surface area contributed by atoms with Gasteiger partial charge < -0.3 is 15.2 Å². The van der Waals surface area contributed by atoms with Crippen LogP contribution in [0, 0.1) is 0 Å². The molecule has 1 unspecified atom stereocenters. The number of ether oxygens (including phenoxy) is 2. The van der Waals surface area contributed by atoms with Crippen molar-refractivity contribution in [2.24, 2.45) is 5.73 Å². The van der Waals surface area contributed by atoms with Crippen LogP contribution in [-0.2, 0) is 11.2 Å². The van der Waals surface area contributed by atoms with Crippen molar-refractivity contribution < 1.29 is 9.47 Å². The number of benzene rings is 1. The Kier molecular flexibility index (Phi) is 5.53. The third-order valence-electron chi connectivity index (χ3n) is 3.07. The van der Waals surface area contributed by atoms with Crippen molar-refractivity contribution in [3.63, 3.8) is 0 Å². The van der Waals surface area contributed by atoms with Crippen molar-refractivity contribution in [1.29, 1.82) is 0 Å². The first-order chi connectivity index (χ1) is 9.83. The first kappa shape index (κ1) is 14.5. The van der Waals surface area contributed by atoms with Gasteiger partial charge in [-0.1, -0.05) is 18.2 Å². The van der Waals surface area contributed by atoms with E-state index in [-0.39, 0.29) is 6.10 Å².